The van der Waals surface area contributed by atoms with Crippen LogP contribution in [0.15, 0.2) is 48.5 Å². The summed E-state index contributed by atoms with van der Waals surface area (Å²) < 4.78 is 1.90. The third-order valence-corrected chi connectivity index (χ3v) is 3.37. The van der Waals surface area contributed by atoms with Gasteiger partial charge in [-0.3, -0.25) is 4.57 Å². The van der Waals surface area contributed by atoms with E-state index in [2.05, 4.69) is 42.2 Å². The third-order valence-electron chi connectivity index (χ3n) is 3.37. The SMILES string of the molecule is Cc1cc(C)cc(-c2nnc(CO)n2-c2ccccc2)c1. The molecule has 0 saturated carbocycles. The molecular weight excluding hydrogens is 262 g/mol. The van der Waals surface area contributed by atoms with Gasteiger partial charge in [-0.15, -0.1) is 10.2 Å². The van der Waals surface area contributed by atoms with Crippen molar-refractivity contribution in [2.24, 2.45) is 0 Å². The Hall–Kier alpha value is -2.46. The topological polar surface area (TPSA) is 50.9 Å². The Balaban J connectivity index is 2.22. The van der Waals surface area contributed by atoms with Crippen LogP contribution in [0.3, 0.4) is 0 Å². The second kappa shape index (κ2) is 5.50. The van der Waals surface area contributed by atoms with Crippen molar-refractivity contribution in [3.63, 3.8) is 0 Å². The van der Waals surface area contributed by atoms with Crippen molar-refractivity contribution in [2.75, 3.05) is 0 Å². The largest absolute Gasteiger partial charge is 0.388 e. The smallest absolute Gasteiger partial charge is 0.168 e. The Labute approximate surface area is 123 Å². The van der Waals surface area contributed by atoms with Gasteiger partial charge in [-0.05, 0) is 38.1 Å². The van der Waals surface area contributed by atoms with Crippen molar-refractivity contribution in [3.8, 4) is 17.1 Å². The summed E-state index contributed by atoms with van der Waals surface area (Å²) in [6.07, 6.45) is 0. The van der Waals surface area contributed by atoms with E-state index in [-0.39, 0.29) is 6.61 Å². The molecule has 21 heavy (non-hydrogen) atoms. The van der Waals surface area contributed by atoms with Gasteiger partial charge in [0.1, 0.15) is 6.61 Å². The van der Waals surface area contributed by atoms with Gasteiger partial charge in [0.15, 0.2) is 11.6 Å². The maximum Gasteiger partial charge on any atom is 0.168 e. The summed E-state index contributed by atoms with van der Waals surface area (Å²) in [6.45, 7) is 3.98. The summed E-state index contributed by atoms with van der Waals surface area (Å²) in [5.74, 6) is 1.28. The predicted molar refractivity (Wildman–Crippen MR) is 82.2 cm³/mol. The predicted octanol–water partition coefficient (Wildman–Crippen LogP) is 3.04. The van der Waals surface area contributed by atoms with E-state index in [0.717, 1.165) is 17.1 Å². The van der Waals surface area contributed by atoms with E-state index in [0.29, 0.717) is 5.82 Å². The fourth-order valence-corrected chi connectivity index (χ4v) is 2.56. The van der Waals surface area contributed by atoms with E-state index in [1.54, 1.807) is 0 Å². The molecule has 2 aromatic carbocycles. The first-order valence-corrected chi connectivity index (χ1v) is 6.88. The number of aliphatic hydroxyl groups excluding tert-OH is 1. The Kier molecular flexibility index (Phi) is 3.54. The van der Waals surface area contributed by atoms with Crippen molar-refractivity contribution in [3.05, 3.63) is 65.5 Å². The molecular formula is C17H17N3O. The highest BCUT2D eigenvalue weighted by Gasteiger charge is 2.15. The average Bonchev–Trinajstić information content (AvgIpc) is 2.91. The molecule has 0 aliphatic rings. The lowest BCUT2D eigenvalue weighted by Gasteiger charge is -2.10. The van der Waals surface area contributed by atoms with Crippen molar-refractivity contribution >= 4 is 0 Å². The van der Waals surface area contributed by atoms with Gasteiger partial charge < -0.3 is 5.11 Å². The Morgan fingerprint density at radius 1 is 0.952 bits per heavy atom. The lowest BCUT2D eigenvalue weighted by Crippen LogP contribution is -2.03. The molecule has 106 valence electrons. The molecule has 1 heterocycles. The molecule has 0 radical (unpaired) electrons. The average molecular weight is 279 g/mol. The van der Waals surface area contributed by atoms with E-state index >= 15 is 0 Å². The van der Waals surface area contributed by atoms with Gasteiger partial charge in [0, 0.05) is 11.3 Å². The number of aliphatic hydroxyl groups is 1. The summed E-state index contributed by atoms with van der Waals surface area (Å²) in [7, 11) is 0. The van der Waals surface area contributed by atoms with Crippen LogP contribution >= 0.6 is 0 Å². The lowest BCUT2D eigenvalue weighted by atomic mass is 10.1. The summed E-state index contributed by atoms with van der Waals surface area (Å²) in [5, 5.41) is 17.9. The third kappa shape index (κ3) is 2.58. The van der Waals surface area contributed by atoms with Gasteiger partial charge in [-0.2, -0.15) is 0 Å². The zero-order valence-electron chi connectivity index (χ0n) is 12.1. The summed E-state index contributed by atoms with van der Waals surface area (Å²) >= 11 is 0. The molecule has 0 aliphatic heterocycles. The zero-order chi connectivity index (χ0) is 14.8. The van der Waals surface area contributed by atoms with Gasteiger partial charge in [0.05, 0.1) is 0 Å². The normalized spacial score (nSPS) is 10.8. The fourth-order valence-electron chi connectivity index (χ4n) is 2.56. The molecule has 0 saturated heterocycles. The van der Waals surface area contributed by atoms with Gasteiger partial charge in [-0.1, -0.05) is 35.4 Å². The van der Waals surface area contributed by atoms with E-state index in [4.69, 9.17) is 0 Å². The van der Waals surface area contributed by atoms with Crippen LogP contribution < -0.4 is 0 Å². The molecule has 1 aromatic heterocycles. The van der Waals surface area contributed by atoms with Crippen LogP contribution in [-0.4, -0.2) is 19.9 Å². The van der Waals surface area contributed by atoms with Crippen LogP contribution in [0.4, 0.5) is 0 Å². The maximum atomic E-state index is 9.53. The molecule has 1 N–H and O–H groups in total. The number of nitrogens with zero attached hydrogens (tertiary/aromatic N) is 3. The highest BCUT2D eigenvalue weighted by molar-refractivity contribution is 5.61. The molecule has 0 fully saturated rings. The van der Waals surface area contributed by atoms with Crippen LogP contribution in [0.2, 0.25) is 0 Å². The molecule has 4 heteroatoms. The van der Waals surface area contributed by atoms with Crippen LogP contribution in [-0.2, 0) is 6.61 Å². The zero-order valence-corrected chi connectivity index (χ0v) is 12.1. The van der Waals surface area contributed by atoms with Crippen LogP contribution in [0.25, 0.3) is 17.1 Å². The number of aryl methyl sites for hydroxylation is 2. The van der Waals surface area contributed by atoms with Crippen molar-refractivity contribution in [2.45, 2.75) is 20.5 Å². The monoisotopic (exact) mass is 279 g/mol. The van der Waals surface area contributed by atoms with E-state index in [1.807, 2.05) is 34.9 Å². The number of para-hydroxylation sites is 1. The number of hydrogen-bond donors (Lipinski definition) is 1. The molecule has 4 nitrogen and oxygen atoms in total. The Bertz CT molecular complexity index is 743. The summed E-state index contributed by atoms with van der Waals surface area (Å²) in [5.41, 5.74) is 4.31. The number of benzene rings is 2. The summed E-state index contributed by atoms with van der Waals surface area (Å²) in [4.78, 5) is 0. The first-order valence-electron chi connectivity index (χ1n) is 6.88. The van der Waals surface area contributed by atoms with Crippen LogP contribution in [0, 0.1) is 13.8 Å². The molecule has 0 aliphatic carbocycles. The van der Waals surface area contributed by atoms with Crippen LogP contribution in [0.1, 0.15) is 17.0 Å². The molecule has 0 unspecified atom stereocenters. The van der Waals surface area contributed by atoms with E-state index < -0.39 is 0 Å². The second-order valence-corrected chi connectivity index (χ2v) is 5.15. The van der Waals surface area contributed by atoms with Crippen molar-refractivity contribution < 1.29 is 5.11 Å². The Morgan fingerprint density at radius 3 is 2.24 bits per heavy atom. The minimum Gasteiger partial charge on any atom is -0.388 e. The quantitative estimate of drug-likeness (QED) is 0.801. The number of rotatable bonds is 3. The fraction of sp³-hybridized carbons (Fsp3) is 0.176. The van der Waals surface area contributed by atoms with Gasteiger partial charge in [0.2, 0.25) is 0 Å². The minimum atomic E-state index is -0.146. The molecule has 0 bridgehead atoms. The lowest BCUT2D eigenvalue weighted by molar-refractivity contribution is 0.269. The molecule has 3 rings (SSSR count). The van der Waals surface area contributed by atoms with Crippen molar-refractivity contribution in [1.82, 2.24) is 14.8 Å². The van der Waals surface area contributed by atoms with Crippen LogP contribution in [0.5, 0.6) is 0 Å². The number of hydrogen-bond acceptors (Lipinski definition) is 3. The minimum absolute atomic E-state index is 0.146. The van der Waals surface area contributed by atoms with Crippen molar-refractivity contribution in [1.29, 1.82) is 0 Å². The molecule has 0 spiro atoms. The standard InChI is InChI=1S/C17H17N3O/c1-12-8-13(2)10-14(9-12)17-19-18-16(11-21)20(17)15-6-4-3-5-7-15/h3-10,21H,11H2,1-2H3. The van der Waals surface area contributed by atoms with E-state index in [1.165, 1.54) is 11.1 Å². The second-order valence-electron chi connectivity index (χ2n) is 5.15. The highest BCUT2D eigenvalue weighted by Crippen LogP contribution is 2.24. The van der Waals surface area contributed by atoms with Gasteiger partial charge in [0.25, 0.3) is 0 Å². The highest BCUT2D eigenvalue weighted by atomic mass is 16.3. The van der Waals surface area contributed by atoms with Gasteiger partial charge >= 0.3 is 0 Å². The first-order chi connectivity index (χ1) is 10.2. The Morgan fingerprint density at radius 2 is 1.62 bits per heavy atom. The maximum absolute atomic E-state index is 9.53. The first kappa shape index (κ1) is 13.5. The van der Waals surface area contributed by atoms with E-state index in [9.17, 15) is 5.11 Å². The number of aromatic nitrogens is 3. The summed E-state index contributed by atoms with van der Waals surface area (Å²) in [6, 6.07) is 16.1. The molecule has 0 atom stereocenters. The molecule has 0 amide bonds. The molecule has 3 aromatic rings. The van der Waals surface area contributed by atoms with Gasteiger partial charge in [-0.25, -0.2) is 0 Å².